The molecule has 2 aromatic carbocycles. The lowest BCUT2D eigenvalue weighted by Crippen LogP contribution is -2.58. The van der Waals surface area contributed by atoms with Gasteiger partial charge in [-0.3, -0.25) is 9.59 Å². The van der Waals surface area contributed by atoms with Gasteiger partial charge >= 0.3 is 0 Å². The normalized spacial score (nSPS) is 22.1. The van der Waals surface area contributed by atoms with E-state index in [9.17, 15) is 14.7 Å². The summed E-state index contributed by atoms with van der Waals surface area (Å²) in [5.74, 6) is 0.608. The second-order valence-electron chi connectivity index (χ2n) is 11.8. The number of anilines is 1. The van der Waals surface area contributed by atoms with E-state index in [0.29, 0.717) is 24.7 Å². The summed E-state index contributed by atoms with van der Waals surface area (Å²) in [5, 5.41) is 12.8. The maximum Gasteiger partial charge on any atom is 0.222 e. The van der Waals surface area contributed by atoms with Crippen LogP contribution in [0.2, 0.25) is 0 Å². The highest BCUT2D eigenvalue weighted by Gasteiger charge is 2.49. The monoisotopic (exact) mass is 556 g/mol. The quantitative estimate of drug-likeness (QED) is 0.332. The zero-order valence-corrected chi connectivity index (χ0v) is 24.8. The van der Waals surface area contributed by atoms with Crippen LogP contribution in [0.3, 0.4) is 0 Å². The van der Waals surface area contributed by atoms with Crippen LogP contribution in [0.1, 0.15) is 78.2 Å². The summed E-state index contributed by atoms with van der Waals surface area (Å²) in [4.78, 5) is 29.1. The fourth-order valence-electron chi connectivity index (χ4n) is 6.41. The number of amides is 2. The molecule has 7 heteroatoms. The predicted octanol–water partition coefficient (Wildman–Crippen LogP) is 6.26. The van der Waals surface area contributed by atoms with Crippen molar-refractivity contribution < 1.29 is 14.7 Å². The molecule has 0 spiro atoms. The Labute approximate surface area is 244 Å². The molecule has 7 nitrogen and oxygen atoms in total. The van der Waals surface area contributed by atoms with Crippen LogP contribution in [0, 0.1) is 0 Å². The standard InChI is InChI=1S/C24H25N3O2.C10H19NO/c1-16(28)27-22-12-20(17-6-4-3-5-7-17)21(13-26-22)18-8-10-19(11-9-18)24(25)14-23(2,29)15-24;1-3-11(9(2)12)10-7-5-4-6-8-10/h3-13,29H,14-15,25H2,1-2H3,(H,26,27,28);10H,3-8H2,1-2H3. The third-order valence-corrected chi connectivity index (χ3v) is 8.22. The first-order chi connectivity index (χ1) is 19.5. The second-order valence-corrected chi connectivity index (χ2v) is 11.8. The largest absolute Gasteiger partial charge is 0.390 e. The minimum atomic E-state index is -0.683. The number of nitrogens with zero attached hydrogens (tertiary/aromatic N) is 2. The van der Waals surface area contributed by atoms with Crippen molar-refractivity contribution in [3.63, 3.8) is 0 Å². The molecule has 0 bridgehead atoms. The first-order valence-electron chi connectivity index (χ1n) is 14.7. The lowest BCUT2D eigenvalue weighted by Gasteiger charge is -2.49. The fourth-order valence-corrected chi connectivity index (χ4v) is 6.41. The van der Waals surface area contributed by atoms with E-state index in [4.69, 9.17) is 5.73 Å². The van der Waals surface area contributed by atoms with Crippen LogP contribution in [0.4, 0.5) is 5.82 Å². The summed E-state index contributed by atoms with van der Waals surface area (Å²) in [6.45, 7) is 7.91. The van der Waals surface area contributed by atoms with Crippen molar-refractivity contribution in [2.75, 3.05) is 11.9 Å². The van der Waals surface area contributed by atoms with Crippen molar-refractivity contribution in [2.45, 2.75) is 89.8 Å². The van der Waals surface area contributed by atoms with E-state index in [1.165, 1.54) is 39.0 Å². The molecular weight excluding hydrogens is 512 g/mol. The van der Waals surface area contributed by atoms with Gasteiger partial charge in [-0.2, -0.15) is 0 Å². The SMILES string of the molecule is CC(=O)Nc1cc(-c2ccccc2)c(-c2ccc(C3(N)CC(C)(O)C3)cc2)cn1.CCN(C(C)=O)C1CCCCC1. The van der Waals surface area contributed by atoms with E-state index in [-0.39, 0.29) is 11.8 Å². The zero-order valence-electron chi connectivity index (χ0n) is 24.8. The molecule has 2 fully saturated rings. The van der Waals surface area contributed by atoms with Crippen molar-refractivity contribution in [1.82, 2.24) is 9.88 Å². The second kappa shape index (κ2) is 13.0. The topological polar surface area (TPSA) is 109 Å². The Kier molecular flexibility index (Phi) is 9.61. The number of pyridine rings is 1. The van der Waals surface area contributed by atoms with Gasteiger partial charge in [0.2, 0.25) is 11.8 Å². The number of carbonyl (C=O) groups is 2. The van der Waals surface area contributed by atoms with Crippen LogP contribution in [0.25, 0.3) is 22.3 Å². The van der Waals surface area contributed by atoms with Crippen LogP contribution >= 0.6 is 0 Å². The summed E-state index contributed by atoms with van der Waals surface area (Å²) in [7, 11) is 0. The van der Waals surface area contributed by atoms with Gasteiger partial charge < -0.3 is 21.1 Å². The number of aromatic nitrogens is 1. The van der Waals surface area contributed by atoms with E-state index in [1.807, 2.05) is 72.5 Å². The summed E-state index contributed by atoms with van der Waals surface area (Å²) in [6, 6.07) is 20.6. The average Bonchev–Trinajstić information content (AvgIpc) is 2.93. The van der Waals surface area contributed by atoms with Gasteiger partial charge in [-0.05, 0) is 67.9 Å². The molecular formula is C34H44N4O3. The molecule has 5 rings (SSSR count). The first-order valence-corrected chi connectivity index (χ1v) is 14.7. The molecule has 2 amide bonds. The van der Waals surface area contributed by atoms with Crippen LogP contribution in [-0.2, 0) is 15.1 Å². The van der Waals surface area contributed by atoms with E-state index in [0.717, 1.165) is 34.4 Å². The number of aliphatic hydroxyl groups is 1. The molecule has 2 saturated carbocycles. The van der Waals surface area contributed by atoms with Gasteiger partial charge in [-0.25, -0.2) is 4.98 Å². The molecule has 0 radical (unpaired) electrons. The lowest BCUT2D eigenvalue weighted by atomic mass is 9.63. The molecule has 0 atom stereocenters. The Morgan fingerprint density at radius 1 is 0.976 bits per heavy atom. The number of benzene rings is 2. The zero-order chi connectivity index (χ0) is 29.6. The molecule has 0 aliphatic heterocycles. The number of hydrogen-bond donors (Lipinski definition) is 3. The van der Waals surface area contributed by atoms with Gasteiger partial charge in [0.25, 0.3) is 0 Å². The smallest absolute Gasteiger partial charge is 0.222 e. The Hall–Kier alpha value is -3.55. The average molecular weight is 557 g/mol. The highest BCUT2D eigenvalue weighted by atomic mass is 16.3. The lowest BCUT2D eigenvalue weighted by molar-refractivity contribution is -0.131. The Morgan fingerprint density at radius 3 is 2.12 bits per heavy atom. The van der Waals surface area contributed by atoms with Crippen molar-refractivity contribution in [2.24, 2.45) is 5.73 Å². The van der Waals surface area contributed by atoms with Crippen LogP contribution in [0.15, 0.2) is 66.9 Å². The summed E-state index contributed by atoms with van der Waals surface area (Å²) in [6.07, 6.45) is 9.29. The van der Waals surface area contributed by atoms with Crippen LogP contribution in [0.5, 0.6) is 0 Å². The van der Waals surface area contributed by atoms with Gasteiger partial charge in [0, 0.05) is 43.7 Å². The van der Waals surface area contributed by atoms with Crippen molar-refractivity contribution in [3.8, 4) is 22.3 Å². The number of hydrogen-bond acceptors (Lipinski definition) is 5. The molecule has 0 unspecified atom stereocenters. The van der Waals surface area contributed by atoms with Gasteiger partial charge in [-0.15, -0.1) is 0 Å². The molecule has 41 heavy (non-hydrogen) atoms. The van der Waals surface area contributed by atoms with Gasteiger partial charge in [0.15, 0.2) is 0 Å². The molecule has 1 heterocycles. The summed E-state index contributed by atoms with van der Waals surface area (Å²) in [5.41, 5.74) is 10.4. The summed E-state index contributed by atoms with van der Waals surface area (Å²) >= 11 is 0. The number of nitrogens with one attached hydrogen (secondary N) is 1. The van der Waals surface area contributed by atoms with E-state index >= 15 is 0 Å². The van der Waals surface area contributed by atoms with Crippen LogP contribution in [-0.4, -0.2) is 45.0 Å². The van der Waals surface area contributed by atoms with Crippen molar-refractivity contribution >= 4 is 17.6 Å². The highest BCUT2D eigenvalue weighted by molar-refractivity contribution is 5.91. The van der Waals surface area contributed by atoms with Crippen molar-refractivity contribution in [3.05, 3.63) is 72.4 Å². The molecule has 3 aromatic rings. The molecule has 2 aliphatic carbocycles. The van der Waals surface area contributed by atoms with E-state index in [1.54, 1.807) is 13.1 Å². The molecule has 1 aromatic heterocycles. The third kappa shape index (κ3) is 7.60. The fraction of sp³-hybridized carbons (Fsp3) is 0.441. The maximum atomic E-state index is 11.4. The van der Waals surface area contributed by atoms with Gasteiger partial charge in [0.1, 0.15) is 5.82 Å². The maximum absolute atomic E-state index is 11.4. The van der Waals surface area contributed by atoms with E-state index in [2.05, 4.69) is 17.2 Å². The predicted molar refractivity (Wildman–Crippen MR) is 165 cm³/mol. The number of carbonyl (C=O) groups excluding carboxylic acids is 2. The first kappa shape index (κ1) is 30.4. The summed E-state index contributed by atoms with van der Waals surface area (Å²) < 4.78 is 0. The van der Waals surface area contributed by atoms with Crippen LogP contribution < -0.4 is 11.1 Å². The molecule has 0 saturated heterocycles. The Balaban J connectivity index is 0.000000271. The van der Waals surface area contributed by atoms with E-state index < -0.39 is 11.1 Å². The molecule has 218 valence electrons. The molecule has 2 aliphatic rings. The molecule has 4 N–H and O–H groups in total. The Bertz CT molecular complexity index is 1320. The van der Waals surface area contributed by atoms with Gasteiger partial charge in [-0.1, -0.05) is 73.9 Å². The highest BCUT2D eigenvalue weighted by Crippen LogP contribution is 2.46. The third-order valence-electron chi connectivity index (χ3n) is 8.22. The van der Waals surface area contributed by atoms with Gasteiger partial charge in [0.05, 0.1) is 5.60 Å². The Morgan fingerprint density at radius 2 is 1.59 bits per heavy atom. The number of rotatable bonds is 6. The minimum Gasteiger partial charge on any atom is -0.390 e. The minimum absolute atomic E-state index is 0.154. The van der Waals surface area contributed by atoms with Crippen molar-refractivity contribution in [1.29, 1.82) is 0 Å². The number of nitrogens with two attached hydrogens (primary N) is 1.